The zero-order valence-electron chi connectivity index (χ0n) is 12.0. The first kappa shape index (κ1) is 13.2. The number of benzene rings is 1. The Morgan fingerprint density at radius 3 is 3.05 bits per heavy atom. The standard InChI is InChI=1S/C16H20N2O2/c1-11-5-6-14-12(8-11)9-15(18(14)2)16(19)17-10-13-4-3-7-20-13/h5-6,8-9,13H,3-4,7,10H2,1-2H3,(H,17,19)/t13-/m0/s1. The van der Waals surface area contributed by atoms with Crippen LogP contribution in [0.4, 0.5) is 0 Å². The van der Waals surface area contributed by atoms with E-state index in [1.807, 2.05) is 17.7 Å². The van der Waals surface area contributed by atoms with Crippen LogP contribution >= 0.6 is 0 Å². The summed E-state index contributed by atoms with van der Waals surface area (Å²) in [7, 11) is 1.93. The van der Waals surface area contributed by atoms with Crippen LogP contribution in [0, 0.1) is 6.92 Å². The van der Waals surface area contributed by atoms with Crippen LogP contribution in [-0.4, -0.2) is 29.7 Å². The van der Waals surface area contributed by atoms with Gasteiger partial charge in [-0.05, 0) is 38.0 Å². The van der Waals surface area contributed by atoms with Crippen LogP contribution in [0.2, 0.25) is 0 Å². The smallest absolute Gasteiger partial charge is 0.268 e. The molecule has 106 valence electrons. The fraction of sp³-hybridized carbons (Fsp3) is 0.438. The third-order valence-electron chi connectivity index (χ3n) is 3.94. The van der Waals surface area contributed by atoms with E-state index in [-0.39, 0.29) is 12.0 Å². The van der Waals surface area contributed by atoms with Crippen LogP contribution in [0.15, 0.2) is 24.3 Å². The Morgan fingerprint density at radius 1 is 1.45 bits per heavy atom. The van der Waals surface area contributed by atoms with Crippen molar-refractivity contribution in [3.8, 4) is 0 Å². The molecule has 0 spiro atoms. The van der Waals surface area contributed by atoms with E-state index in [1.54, 1.807) is 0 Å². The van der Waals surface area contributed by atoms with Gasteiger partial charge in [0.2, 0.25) is 0 Å². The molecule has 1 aromatic heterocycles. The second-order valence-electron chi connectivity index (χ2n) is 5.50. The van der Waals surface area contributed by atoms with Gasteiger partial charge in [0, 0.05) is 31.1 Å². The van der Waals surface area contributed by atoms with E-state index in [0.717, 1.165) is 30.4 Å². The fourth-order valence-electron chi connectivity index (χ4n) is 2.79. The van der Waals surface area contributed by atoms with Crippen molar-refractivity contribution in [2.75, 3.05) is 13.2 Å². The highest BCUT2D eigenvalue weighted by atomic mass is 16.5. The molecule has 2 aromatic rings. The van der Waals surface area contributed by atoms with E-state index < -0.39 is 0 Å². The quantitative estimate of drug-likeness (QED) is 0.932. The van der Waals surface area contributed by atoms with E-state index in [2.05, 4.69) is 30.4 Å². The van der Waals surface area contributed by atoms with E-state index >= 15 is 0 Å². The Bertz CT molecular complexity index is 639. The van der Waals surface area contributed by atoms with E-state index in [1.165, 1.54) is 5.56 Å². The molecule has 1 N–H and O–H groups in total. The lowest BCUT2D eigenvalue weighted by atomic mass is 10.2. The molecule has 1 fully saturated rings. The molecule has 4 nitrogen and oxygen atoms in total. The Hall–Kier alpha value is -1.81. The van der Waals surface area contributed by atoms with Crippen molar-refractivity contribution < 1.29 is 9.53 Å². The highest BCUT2D eigenvalue weighted by Crippen LogP contribution is 2.20. The maximum Gasteiger partial charge on any atom is 0.268 e. The largest absolute Gasteiger partial charge is 0.376 e. The van der Waals surface area contributed by atoms with Gasteiger partial charge in [-0.2, -0.15) is 0 Å². The maximum atomic E-state index is 12.3. The number of carbonyl (C=O) groups is 1. The van der Waals surface area contributed by atoms with Crippen molar-refractivity contribution in [2.24, 2.45) is 7.05 Å². The lowest BCUT2D eigenvalue weighted by Crippen LogP contribution is -2.32. The third-order valence-corrected chi connectivity index (χ3v) is 3.94. The van der Waals surface area contributed by atoms with Crippen LogP contribution in [0.5, 0.6) is 0 Å². The summed E-state index contributed by atoms with van der Waals surface area (Å²) in [4.78, 5) is 12.3. The first-order valence-corrected chi connectivity index (χ1v) is 7.11. The number of hydrogen-bond donors (Lipinski definition) is 1. The van der Waals surface area contributed by atoms with Crippen molar-refractivity contribution in [3.63, 3.8) is 0 Å². The average Bonchev–Trinajstić information content (AvgIpc) is 3.04. The maximum absolute atomic E-state index is 12.3. The molecule has 0 radical (unpaired) electrons. The molecular formula is C16H20N2O2. The summed E-state index contributed by atoms with van der Waals surface area (Å²) in [5, 5.41) is 4.08. The van der Waals surface area contributed by atoms with E-state index in [4.69, 9.17) is 4.74 Å². The fourth-order valence-corrected chi connectivity index (χ4v) is 2.79. The molecule has 0 bridgehead atoms. The molecule has 1 saturated heterocycles. The molecule has 0 saturated carbocycles. The summed E-state index contributed by atoms with van der Waals surface area (Å²) in [5.74, 6) is -0.0307. The van der Waals surface area contributed by atoms with Gasteiger partial charge in [-0.15, -0.1) is 0 Å². The summed E-state index contributed by atoms with van der Waals surface area (Å²) in [5.41, 5.74) is 2.98. The number of hydrogen-bond acceptors (Lipinski definition) is 2. The van der Waals surface area contributed by atoms with E-state index in [0.29, 0.717) is 12.2 Å². The van der Waals surface area contributed by atoms with Gasteiger partial charge < -0.3 is 14.6 Å². The first-order valence-electron chi connectivity index (χ1n) is 7.11. The van der Waals surface area contributed by atoms with Crippen molar-refractivity contribution in [1.29, 1.82) is 0 Å². The average molecular weight is 272 g/mol. The minimum Gasteiger partial charge on any atom is -0.376 e. The number of ether oxygens (including phenoxy) is 1. The van der Waals surface area contributed by atoms with Gasteiger partial charge in [-0.25, -0.2) is 0 Å². The number of nitrogens with one attached hydrogen (secondary N) is 1. The molecule has 1 aliphatic heterocycles. The normalized spacial score (nSPS) is 18.6. The Labute approximate surface area is 118 Å². The SMILES string of the molecule is Cc1ccc2c(c1)cc(C(=O)NC[C@@H]1CCCO1)n2C. The summed E-state index contributed by atoms with van der Waals surface area (Å²) in [6.45, 7) is 3.47. The summed E-state index contributed by atoms with van der Waals surface area (Å²) < 4.78 is 7.47. The second-order valence-corrected chi connectivity index (χ2v) is 5.50. The van der Waals surface area contributed by atoms with Crippen LogP contribution in [0.1, 0.15) is 28.9 Å². The van der Waals surface area contributed by atoms with E-state index in [9.17, 15) is 4.79 Å². The zero-order chi connectivity index (χ0) is 14.1. The molecule has 1 atom stereocenters. The van der Waals surface area contributed by atoms with Crippen LogP contribution < -0.4 is 5.32 Å². The van der Waals surface area contributed by atoms with Gasteiger partial charge in [0.1, 0.15) is 5.69 Å². The number of fused-ring (bicyclic) bond motifs is 1. The molecule has 1 aromatic carbocycles. The van der Waals surface area contributed by atoms with Crippen molar-refractivity contribution >= 4 is 16.8 Å². The molecule has 4 heteroatoms. The Morgan fingerprint density at radius 2 is 2.30 bits per heavy atom. The molecule has 2 heterocycles. The van der Waals surface area contributed by atoms with Gasteiger partial charge in [0.05, 0.1) is 6.10 Å². The summed E-state index contributed by atoms with van der Waals surface area (Å²) >= 11 is 0. The molecule has 1 aliphatic rings. The predicted octanol–water partition coefficient (Wildman–Crippen LogP) is 2.40. The predicted molar refractivity (Wildman–Crippen MR) is 79.0 cm³/mol. The van der Waals surface area contributed by atoms with Gasteiger partial charge in [-0.1, -0.05) is 11.6 Å². The lowest BCUT2D eigenvalue weighted by Gasteiger charge is -2.11. The minimum atomic E-state index is -0.0307. The van der Waals surface area contributed by atoms with Crippen molar-refractivity contribution in [1.82, 2.24) is 9.88 Å². The minimum absolute atomic E-state index is 0.0307. The molecule has 20 heavy (non-hydrogen) atoms. The molecule has 0 aliphatic carbocycles. The molecule has 0 unspecified atom stereocenters. The number of aryl methyl sites for hydroxylation is 2. The number of amides is 1. The highest BCUT2D eigenvalue weighted by molar-refractivity contribution is 5.98. The van der Waals surface area contributed by atoms with Crippen molar-refractivity contribution in [3.05, 3.63) is 35.5 Å². The Kier molecular flexibility index (Phi) is 3.49. The van der Waals surface area contributed by atoms with Gasteiger partial charge in [-0.3, -0.25) is 4.79 Å². The summed E-state index contributed by atoms with van der Waals surface area (Å²) in [6.07, 6.45) is 2.30. The van der Waals surface area contributed by atoms with Crippen molar-refractivity contribution in [2.45, 2.75) is 25.9 Å². The van der Waals surface area contributed by atoms with Crippen LogP contribution in [0.25, 0.3) is 10.9 Å². The van der Waals surface area contributed by atoms with Gasteiger partial charge >= 0.3 is 0 Å². The monoisotopic (exact) mass is 272 g/mol. The van der Waals surface area contributed by atoms with Gasteiger partial charge in [0.25, 0.3) is 5.91 Å². The molecule has 3 rings (SSSR count). The first-order chi connectivity index (χ1) is 9.65. The number of aromatic nitrogens is 1. The third kappa shape index (κ3) is 2.43. The Balaban J connectivity index is 1.78. The summed E-state index contributed by atoms with van der Waals surface area (Å²) in [6, 6.07) is 8.18. The van der Waals surface area contributed by atoms with Crippen LogP contribution in [-0.2, 0) is 11.8 Å². The number of nitrogens with zero attached hydrogens (tertiary/aromatic N) is 1. The second kappa shape index (κ2) is 5.29. The van der Waals surface area contributed by atoms with Crippen LogP contribution in [0.3, 0.4) is 0 Å². The zero-order valence-corrected chi connectivity index (χ0v) is 12.0. The molecule has 1 amide bonds. The van der Waals surface area contributed by atoms with Gasteiger partial charge in [0.15, 0.2) is 0 Å². The number of rotatable bonds is 3. The topological polar surface area (TPSA) is 43.3 Å². The number of carbonyl (C=O) groups excluding carboxylic acids is 1. The highest BCUT2D eigenvalue weighted by Gasteiger charge is 2.18. The lowest BCUT2D eigenvalue weighted by molar-refractivity contribution is 0.0851. The molecular weight excluding hydrogens is 252 g/mol.